The van der Waals surface area contributed by atoms with E-state index in [0.717, 1.165) is 22.0 Å². The van der Waals surface area contributed by atoms with Gasteiger partial charge in [0.25, 0.3) is 0 Å². The molecule has 3 rings (SSSR count). The van der Waals surface area contributed by atoms with Crippen LogP contribution >= 0.6 is 0 Å². The largest absolute Gasteiger partial charge is 0.506 e. The van der Waals surface area contributed by atoms with Crippen molar-refractivity contribution in [3.05, 3.63) is 60.8 Å². The van der Waals surface area contributed by atoms with Crippen LogP contribution in [0.3, 0.4) is 0 Å². The number of aromatic hydroxyl groups is 1. The summed E-state index contributed by atoms with van der Waals surface area (Å²) >= 11 is 0. The van der Waals surface area contributed by atoms with Crippen LogP contribution < -0.4 is 0 Å². The Hall–Kier alpha value is -2.35. The zero-order valence-electron chi connectivity index (χ0n) is 9.17. The van der Waals surface area contributed by atoms with E-state index < -0.39 is 0 Å². The maximum atomic E-state index is 9.43. The summed E-state index contributed by atoms with van der Waals surface area (Å²) in [5, 5.41) is 10.4. The van der Waals surface area contributed by atoms with Gasteiger partial charge in [-0.05, 0) is 29.3 Å². The summed E-state index contributed by atoms with van der Waals surface area (Å²) in [5.41, 5.74) is 3.19. The lowest BCUT2D eigenvalue weighted by atomic mass is 10.0. The lowest BCUT2D eigenvalue weighted by Gasteiger charge is -2.03. The molecule has 2 heteroatoms. The van der Waals surface area contributed by atoms with Crippen LogP contribution in [-0.2, 0) is 0 Å². The molecule has 17 heavy (non-hydrogen) atoms. The first-order chi connectivity index (χ1) is 8.33. The molecule has 0 atom stereocenters. The summed E-state index contributed by atoms with van der Waals surface area (Å²) in [5.74, 6) is 0.197. The van der Waals surface area contributed by atoms with Gasteiger partial charge in [-0.3, -0.25) is 4.98 Å². The quantitative estimate of drug-likeness (QED) is 0.681. The number of nitrogens with zero attached hydrogens (tertiary/aromatic N) is 1. The number of hydrogen-bond donors (Lipinski definition) is 1. The van der Waals surface area contributed by atoms with Crippen molar-refractivity contribution in [2.75, 3.05) is 0 Å². The van der Waals surface area contributed by atoms with E-state index in [9.17, 15) is 5.11 Å². The van der Waals surface area contributed by atoms with Crippen LogP contribution in [0.5, 0.6) is 5.75 Å². The lowest BCUT2D eigenvalue weighted by molar-refractivity contribution is 0.474. The minimum atomic E-state index is 0.197. The number of fused-ring (bicyclic) bond motifs is 1. The SMILES string of the molecule is Oc1cnc2ccc(-c3ccccc3)cc2c1. The molecule has 0 saturated carbocycles. The Balaban J connectivity index is 2.19. The molecule has 0 amide bonds. The average molecular weight is 221 g/mol. The van der Waals surface area contributed by atoms with Crippen LogP contribution in [0.4, 0.5) is 0 Å². The molecule has 0 aliphatic carbocycles. The van der Waals surface area contributed by atoms with Gasteiger partial charge in [0.05, 0.1) is 11.7 Å². The molecular weight excluding hydrogens is 210 g/mol. The molecule has 82 valence electrons. The molecule has 0 aliphatic heterocycles. The summed E-state index contributed by atoms with van der Waals surface area (Å²) in [6.07, 6.45) is 1.46. The van der Waals surface area contributed by atoms with Crippen LogP contribution in [0.25, 0.3) is 22.0 Å². The summed E-state index contributed by atoms with van der Waals surface area (Å²) in [4.78, 5) is 4.17. The van der Waals surface area contributed by atoms with E-state index in [-0.39, 0.29) is 5.75 Å². The molecule has 0 unspecified atom stereocenters. The molecule has 1 N–H and O–H groups in total. The molecular formula is C15H11NO. The number of rotatable bonds is 1. The van der Waals surface area contributed by atoms with Crippen LogP contribution in [0.15, 0.2) is 60.8 Å². The zero-order valence-corrected chi connectivity index (χ0v) is 9.17. The summed E-state index contributed by atoms with van der Waals surface area (Å²) in [6, 6.07) is 17.9. The van der Waals surface area contributed by atoms with Gasteiger partial charge in [0.2, 0.25) is 0 Å². The third-order valence-electron chi connectivity index (χ3n) is 2.77. The fourth-order valence-electron chi connectivity index (χ4n) is 1.93. The van der Waals surface area contributed by atoms with E-state index in [4.69, 9.17) is 0 Å². The van der Waals surface area contributed by atoms with Crippen molar-refractivity contribution in [1.29, 1.82) is 0 Å². The molecule has 0 saturated heterocycles. The van der Waals surface area contributed by atoms with E-state index in [0.29, 0.717) is 0 Å². The maximum Gasteiger partial charge on any atom is 0.134 e. The summed E-state index contributed by atoms with van der Waals surface area (Å²) in [7, 11) is 0. The Kier molecular flexibility index (Phi) is 2.26. The van der Waals surface area contributed by atoms with E-state index in [1.165, 1.54) is 6.20 Å². The first-order valence-corrected chi connectivity index (χ1v) is 5.47. The molecule has 2 nitrogen and oxygen atoms in total. The summed E-state index contributed by atoms with van der Waals surface area (Å²) in [6.45, 7) is 0. The molecule has 0 bridgehead atoms. The fourth-order valence-corrected chi connectivity index (χ4v) is 1.93. The smallest absolute Gasteiger partial charge is 0.134 e. The topological polar surface area (TPSA) is 33.1 Å². The minimum absolute atomic E-state index is 0.197. The van der Waals surface area contributed by atoms with Gasteiger partial charge in [-0.1, -0.05) is 36.4 Å². The van der Waals surface area contributed by atoms with Gasteiger partial charge in [0.1, 0.15) is 5.75 Å². The normalized spacial score (nSPS) is 10.6. The number of pyridine rings is 1. The van der Waals surface area contributed by atoms with Gasteiger partial charge in [-0.15, -0.1) is 0 Å². The third-order valence-corrected chi connectivity index (χ3v) is 2.77. The second-order valence-corrected chi connectivity index (χ2v) is 3.97. The third kappa shape index (κ3) is 1.85. The second-order valence-electron chi connectivity index (χ2n) is 3.97. The molecule has 1 aromatic heterocycles. The zero-order chi connectivity index (χ0) is 11.7. The molecule has 0 fully saturated rings. The fraction of sp³-hybridized carbons (Fsp3) is 0. The minimum Gasteiger partial charge on any atom is -0.506 e. The molecule has 1 heterocycles. The average Bonchev–Trinajstić information content (AvgIpc) is 2.39. The Labute approximate surface area is 99.2 Å². The number of hydrogen-bond acceptors (Lipinski definition) is 2. The van der Waals surface area contributed by atoms with Gasteiger partial charge in [-0.25, -0.2) is 0 Å². The highest BCUT2D eigenvalue weighted by Crippen LogP contribution is 2.25. The monoisotopic (exact) mass is 221 g/mol. The second kappa shape index (κ2) is 3.91. The van der Waals surface area contributed by atoms with Crippen molar-refractivity contribution in [2.24, 2.45) is 0 Å². The predicted octanol–water partition coefficient (Wildman–Crippen LogP) is 3.61. The Morgan fingerprint density at radius 3 is 2.47 bits per heavy atom. The molecule has 0 spiro atoms. The van der Waals surface area contributed by atoms with Crippen molar-refractivity contribution in [3.63, 3.8) is 0 Å². The van der Waals surface area contributed by atoms with E-state index >= 15 is 0 Å². The Bertz CT molecular complexity index is 662. The highest BCUT2D eigenvalue weighted by atomic mass is 16.3. The Morgan fingerprint density at radius 2 is 1.65 bits per heavy atom. The van der Waals surface area contributed by atoms with E-state index in [1.54, 1.807) is 6.07 Å². The number of benzene rings is 2. The van der Waals surface area contributed by atoms with Gasteiger partial charge >= 0.3 is 0 Å². The highest BCUT2D eigenvalue weighted by molar-refractivity contribution is 5.85. The molecule has 0 radical (unpaired) electrons. The molecule has 2 aromatic carbocycles. The molecule has 3 aromatic rings. The summed E-state index contributed by atoms with van der Waals surface area (Å²) < 4.78 is 0. The first-order valence-electron chi connectivity index (χ1n) is 5.47. The van der Waals surface area contributed by atoms with Gasteiger partial charge < -0.3 is 5.11 Å². The van der Waals surface area contributed by atoms with E-state index in [1.807, 2.05) is 36.4 Å². The van der Waals surface area contributed by atoms with Crippen LogP contribution in [-0.4, -0.2) is 10.1 Å². The number of aromatic nitrogens is 1. The van der Waals surface area contributed by atoms with Gasteiger partial charge in [0.15, 0.2) is 0 Å². The van der Waals surface area contributed by atoms with Crippen LogP contribution in [0.1, 0.15) is 0 Å². The van der Waals surface area contributed by atoms with Crippen molar-refractivity contribution in [3.8, 4) is 16.9 Å². The standard InChI is InChI=1S/C15H11NO/c17-14-9-13-8-12(6-7-15(13)16-10-14)11-4-2-1-3-5-11/h1-10,17H. The van der Waals surface area contributed by atoms with E-state index in [2.05, 4.69) is 17.1 Å². The maximum absolute atomic E-state index is 9.43. The van der Waals surface area contributed by atoms with Crippen molar-refractivity contribution < 1.29 is 5.11 Å². The van der Waals surface area contributed by atoms with Gasteiger partial charge in [0, 0.05) is 5.39 Å². The van der Waals surface area contributed by atoms with Crippen molar-refractivity contribution in [1.82, 2.24) is 4.98 Å². The van der Waals surface area contributed by atoms with Crippen LogP contribution in [0.2, 0.25) is 0 Å². The highest BCUT2D eigenvalue weighted by Gasteiger charge is 2.00. The Morgan fingerprint density at radius 1 is 0.824 bits per heavy atom. The van der Waals surface area contributed by atoms with Crippen molar-refractivity contribution in [2.45, 2.75) is 0 Å². The van der Waals surface area contributed by atoms with Crippen molar-refractivity contribution >= 4 is 10.9 Å². The first kappa shape index (κ1) is 9.85. The van der Waals surface area contributed by atoms with Gasteiger partial charge in [-0.2, -0.15) is 0 Å². The van der Waals surface area contributed by atoms with Crippen LogP contribution in [0, 0.1) is 0 Å². The predicted molar refractivity (Wildman–Crippen MR) is 68.8 cm³/mol. The lowest BCUT2D eigenvalue weighted by Crippen LogP contribution is -1.81. The molecule has 0 aliphatic rings.